The minimum absolute atomic E-state index is 0.00713. The summed E-state index contributed by atoms with van der Waals surface area (Å²) < 4.78 is 0. The summed E-state index contributed by atoms with van der Waals surface area (Å²) in [6.45, 7) is 8.62. The van der Waals surface area contributed by atoms with Crippen LogP contribution in [0.25, 0.3) is 6.08 Å². The first-order valence-corrected chi connectivity index (χ1v) is 12.1. The first-order chi connectivity index (χ1) is 14.9. The third kappa shape index (κ3) is 5.16. The zero-order valence-electron chi connectivity index (χ0n) is 18.2. The quantitative estimate of drug-likeness (QED) is 0.538. The van der Waals surface area contributed by atoms with Crippen LogP contribution in [-0.4, -0.2) is 37.3 Å². The molecule has 0 saturated carbocycles. The van der Waals surface area contributed by atoms with Crippen molar-refractivity contribution in [2.24, 2.45) is 0 Å². The summed E-state index contributed by atoms with van der Waals surface area (Å²) in [5.41, 5.74) is 2.71. The Hall–Kier alpha value is -2.65. The normalized spacial score (nSPS) is 16.8. The van der Waals surface area contributed by atoms with Crippen LogP contribution in [-0.2, 0) is 4.79 Å². The van der Waals surface area contributed by atoms with Gasteiger partial charge < -0.3 is 10.2 Å². The van der Waals surface area contributed by atoms with Crippen molar-refractivity contribution in [3.8, 4) is 0 Å². The fourth-order valence-electron chi connectivity index (χ4n) is 3.67. The monoisotopic (exact) mass is 454 g/mol. The molecule has 4 rings (SSSR count). The van der Waals surface area contributed by atoms with Crippen LogP contribution in [0.15, 0.2) is 17.5 Å². The van der Waals surface area contributed by atoms with Crippen molar-refractivity contribution in [2.45, 2.75) is 53.0 Å². The molecule has 0 radical (unpaired) electrons. The number of hydrogen-bond donors (Lipinski definition) is 1. The van der Waals surface area contributed by atoms with Crippen LogP contribution in [0.4, 0.5) is 10.9 Å². The van der Waals surface area contributed by atoms with Crippen LogP contribution >= 0.6 is 22.7 Å². The second-order valence-corrected chi connectivity index (χ2v) is 9.94. The summed E-state index contributed by atoms with van der Waals surface area (Å²) in [6, 6.07) is 1.88. The van der Waals surface area contributed by atoms with Gasteiger partial charge in [0.25, 0.3) is 0 Å². The molecule has 7 nitrogen and oxygen atoms in total. The molecule has 1 aliphatic heterocycles. The van der Waals surface area contributed by atoms with Crippen molar-refractivity contribution in [1.82, 2.24) is 24.8 Å². The van der Waals surface area contributed by atoms with E-state index in [9.17, 15) is 4.79 Å². The lowest BCUT2D eigenvalue weighted by molar-refractivity contribution is -0.129. The highest BCUT2D eigenvalue weighted by molar-refractivity contribution is 7.15. The fourth-order valence-corrected chi connectivity index (χ4v) is 5.08. The number of carbonyl (C=O) groups excluding carboxylic acids is 1. The molecule has 1 saturated heterocycles. The lowest BCUT2D eigenvalue weighted by atomic mass is 9.98. The zero-order valence-corrected chi connectivity index (χ0v) is 19.8. The topological polar surface area (TPSA) is 83.9 Å². The number of thiazole rings is 2. The first-order valence-electron chi connectivity index (χ1n) is 10.4. The Balaban J connectivity index is 1.56. The van der Waals surface area contributed by atoms with E-state index in [-0.39, 0.29) is 11.9 Å². The second-order valence-electron chi connectivity index (χ2n) is 7.68. The number of anilines is 2. The van der Waals surface area contributed by atoms with E-state index in [4.69, 9.17) is 0 Å². The van der Waals surface area contributed by atoms with Crippen molar-refractivity contribution < 1.29 is 4.79 Å². The van der Waals surface area contributed by atoms with Gasteiger partial charge in [0, 0.05) is 28.9 Å². The Morgan fingerprint density at radius 2 is 2.00 bits per heavy atom. The number of nitrogens with one attached hydrogen (secondary N) is 1. The number of nitrogens with zero attached hydrogens (tertiary/aromatic N) is 5. The van der Waals surface area contributed by atoms with E-state index in [1.807, 2.05) is 37.1 Å². The number of hydrogen-bond acceptors (Lipinski definition) is 8. The van der Waals surface area contributed by atoms with Gasteiger partial charge in [-0.2, -0.15) is 0 Å². The maximum Gasteiger partial charge on any atom is 0.247 e. The molecule has 162 valence electrons. The van der Waals surface area contributed by atoms with Crippen molar-refractivity contribution in [3.63, 3.8) is 0 Å². The second kappa shape index (κ2) is 9.23. The highest BCUT2D eigenvalue weighted by atomic mass is 32.1. The molecule has 1 fully saturated rings. The summed E-state index contributed by atoms with van der Waals surface area (Å²) in [5.74, 6) is 1.38. The lowest BCUT2D eigenvalue weighted by Crippen LogP contribution is -2.38. The number of likely N-dealkylation sites (tertiary alicyclic amines) is 1. The molecule has 9 heteroatoms. The SMILES string of the molecule is Cc1nc(Nc2nc(C)c(C)s2)cc([C@H]2CCCCN2C(=O)/C=C/c2csc(C)n2)n1. The number of amides is 1. The Bertz CT molecular complexity index is 1100. The molecule has 0 aromatic carbocycles. The largest absolute Gasteiger partial charge is 0.331 e. The highest BCUT2D eigenvalue weighted by Crippen LogP contribution is 2.32. The Kier molecular flexibility index (Phi) is 6.43. The molecule has 0 unspecified atom stereocenters. The van der Waals surface area contributed by atoms with Gasteiger partial charge in [-0.1, -0.05) is 0 Å². The van der Waals surface area contributed by atoms with Crippen LogP contribution in [0.5, 0.6) is 0 Å². The highest BCUT2D eigenvalue weighted by Gasteiger charge is 2.28. The molecule has 3 aromatic rings. The summed E-state index contributed by atoms with van der Waals surface area (Å²) >= 11 is 3.19. The predicted octanol–water partition coefficient (Wildman–Crippen LogP) is 5.13. The van der Waals surface area contributed by atoms with Crippen molar-refractivity contribution in [3.05, 3.63) is 50.3 Å². The van der Waals surface area contributed by atoms with Crippen LogP contribution in [0, 0.1) is 27.7 Å². The molecular formula is C22H26N6OS2. The Morgan fingerprint density at radius 1 is 1.16 bits per heavy atom. The van der Waals surface area contributed by atoms with Crippen molar-refractivity contribution in [2.75, 3.05) is 11.9 Å². The van der Waals surface area contributed by atoms with Gasteiger partial charge in [-0.05, 0) is 53.0 Å². The van der Waals surface area contributed by atoms with E-state index in [0.29, 0.717) is 11.6 Å². The number of rotatable bonds is 5. The summed E-state index contributed by atoms with van der Waals surface area (Å²) in [6.07, 6.45) is 6.38. The fraction of sp³-hybridized carbons (Fsp3) is 0.409. The van der Waals surface area contributed by atoms with Gasteiger partial charge in [0.05, 0.1) is 28.1 Å². The third-order valence-electron chi connectivity index (χ3n) is 5.28. The molecule has 1 atom stereocenters. The lowest BCUT2D eigenvalue weighted by Gasteiger charge is -2.35. The maximum absolute atomic E-state index is 13.0. The Labute approximate surface area is 190 Å². The molecule has 4 heterocycles. The van der Waals surface area contributed by atoms with E-state index in [2.05, 4.69) is 32.2 Å². The number of carbonyl (C=O) groups is 1. The van der Waals surface area contributed by atoms with Crippen LogP contribution in [0.1, 0.15) is 58.1 Å². The average molecular weight is 455 g/mol. The van der Waals surface area contributed by atoms with E-state index in [0.717, 1.165) is 53.0 Å². The molecule has 1 amide bonds. The molecule has 31 heavy (non-hydrogen) atoms. The van der Waals surface area contributed by atoms with Gasteiger partial charge in [0.15, 0.2) is 5.13 Å². The third-order valence-corrected chi connectivity index (χ3v) is 7.06. The van der Waals surface area contributed by atoms with Crippen LogP contribution in [0.3, 0.4) is 0 Å². The van der Waals surface area contributed by atoms with Gasteiger partial charge in [-0.25, -0.2) is 19.9 Å². The summed E-state index contributed by atoms with van der Waals surface area (Å²) in [5, 5.41) is 7.08. The average Bonchev–Trinajstić information content (AvgIpc) is 3.30. The van der Waals surface area contributed by atoms with Gasteiger partial charge in [0.1, 0.15) is 11.6 Å². The van der Waals surface area contributed by atoms with Crippen molar-refractivity contribution >= 4 is 45.6 Å². The van der Waals surface area contributed by atoms with Crippen molar-refractivity contribution in [1.29, 1.82) is 0 Å². The first kappa shape index (κ1) is 21.6. The number of piperidine rings is 1. The van der Waals surface area contributed by atoms with E-state index < -0.39 is 0 Å². The molecule has 3 aromatic heterocycles. The van der Waals surface area contributed by atoms with E-state index >= 15 is 0 Å². The molecular weight excluding hydrogens is 428 g/mol. The summed E-state index contributed by atoms with van der Waals surface area (Å²) in [7, 11) is 0. The molecule has 0 aliphatic carbocycles. The Morgan fingerprint density at radius 3 is 2.71 bits per heavy atom. The van der Waals surface area contributed by atoms with Crippen LogP contribution in [0.2, 0.25) is 0 Å². The van der Waals surface area contributed by atoms with E-state index in [1.165, 1.54) is 4.88 Å². The minimum atomic E-state index is -0.0647. The molecule has 0 bridgehead atoms. The standard InChI is InChI=1S/C22H26N6OS2/c1-13-14(2)31-22(23-13)27-20-11-18(24-15(3)25-20)19-7-5-6-10-28(19)21(29)9-8-17-12-30-16(4)26-17/h8-9,11-12,19H,5-7,10H2,1-4H3,(H,23,24,25,27)/b9-8+/t19-/m1/s1. The van der Waals surface area contributed by atoms with Crippen LogP contribution < -0.4 is 5.32 Å². The predicted molar refractivity (Wildman–Crippen MR) is 126 cm³/mol. The zero-order chi connectivity index (χ0) is 22.0. The number of aromatic nitrogens is 4. The number of aryl methyl sites for hydroxylation is 4. The molecule has 1 N–H and O–H groups in total. The van der Waals surface area contributed by atoms with E-state index in [1.54, 1.807) is 34.8 Å². The van der Waals surface area contributed by atoms with Gasteiger partial charge in [-0.15, -0.1) is 22.7 Å². The van der Waals surface area contributed by atoms with Gasteiger partial charge >= 0.3 is 0 Å². The van der Waals surface area contributed by atoms with Gasteiger partial charge in [0.2, 0.25) is 5.91 Å². The molecule has 1 aliphatic rings. The maximum atomic E-state index is 13.0. The smallest absolute Gasteiger partial charge is 0.247 e. The minimum Gasteiger partial charge on any atom is -0.331 e. The summed E-state index contributed by atoms with van der Waals surface area (Å²) in [4.78, 5) is 34.3. The van der Waals surface area contributed by atoms with Gasteiger partial charge in [-0.3, -0.25) is 4.79 Å². The molecule has 0 spiro atoms.